The van der Waals surface area contributed by atoms with Gasteiger partial charge in [0.15, 0.2) is 11.5 Å². The highest BCUT2D eigenvalue weighted by Gasteiger charge is 2.33. The van der Waals surface area contributed by atoms with Crippen molar-refractivity contribution in [3.05, 3.63) is 71.8 Å². The maximum absolute atomic E-state index is 6.14. The van der Waals surface area contributed by atoms with Gasteiger partial charge in [0.25, 0.3) is 0 Å². The summed E-state index contributed by atoms with van der Waals surface area (Å²) in [5.41, 5.74) is 2.18. The number of hydrogen-bond donors (Lipinski definition) is 0. The molecule has 1 aliphatic heterocycles. The van der Waals surface area contributed by atoms with Gasteiger partial charge < -0.3 is 23.5 Å². The van der Waals surface area contributed by atoms with Gasteiger partial charge in [0, 0.05) is 32.6 Å². The summed E-state index contributed by atoms with van der Waals surface area (Å²) in [6, 6.07) is 14.4. The first-order valence-electron chi connectivity index (χ1n) is 12.7. The molecule has 7 nitrogen and oxygen atoms in total. The van der Waals surface area contributed by atoms with E-state index in [-0.39, 0.29) is 5.60 Å². The molecule has 2 aromatic carbocycles. The lowest BCUT2D eigenvalue weighted by molar-refractivity contribution is -0.0541. The maximum atomic E-state index is 6.14. The van der Waals surface area contributed by atoms with Crippen molar-refractivity contribution in [2.24, 2.45) is 0 Å². The van der Waals surface area contributed by atoms with Crippen molar-refractivity contribution >= 4 is 0 Å². The van der Waals surface area contributed by atoms with Crippen LogP contribution in [0.1, 0.15) is 36.2 Å². The molecule has 1 aliphatic rings. The molecule has 0 radical (unpaired) electrons. The summed E-state index contributed by atoms with van der Waals surface area (Å²) in [6.45, 7) is 8.78. The van der Waals surface area contributed by atoms with Crippen LogP contribution in [0, 0.1) is 13.8 Å². The van der Waals surface area contributed by atoms with Crippen molar-refractivity contribution < 1.29 is 18.9 Å². The molecule has 0 bridgehead atoms. The van der Waals surface area contributed by atoms with E-state index in [1.54, 1.807) is 7.11 Å². The van der Waals surface area contributed by atoms with E-state index in [1.165, 1.54) is 11.1 Å². The second-order valence-corrected chi connectivity index (χ2v) is 9.62. The number of benzene rings is 2. The number of ether oxygens (including phenoxy) is 4. The van der Waals surface area contributed by atoms with Gasteiger partial charge >= 0.3 is 0 Å². The van der Waals surface area contributed by atoms with E-state index in [4.69, 9.17) is 18.9 Å². The minimum Gasteiger partial charge on any atom is -0.493 e. The molecule has 1 unspecified atom stereocenters. The van der Waals surface area contributed by atoms with Crippen LogP contribution in [0.15, 0.2) is 54.9 Å². The van der Waals surface area contributed by atoms with Crippen LogP contribution in [-0.4, -0.2) is 60.6 Å². The molecule has 7 heteroatoms. The molecule has 0 N–H and O–H groups in total. The fourth-order valence-corrected chi connectivity index (χ4v) is 4.72. The van der Waals surface area contributed by atoms with E-state index >= 15 is 0 Å². The minimum absolute atomic E-state index is 0.265. The highest BCUT2D eigenvalue weighted by atomic mass is 16.5. The van der Waals surface area contributed by atoms with Crippen LogP contribution < -0.4 is 14.2 Å². The van der Waals surface area contributed by atoms with E-state index < -0.39 is 0 Å². The van der Waals surface area contributed by atoms with Gasteiger partial charge in [-0.1, -0.05) is 23.8 Å². The predicted octanol–water partition coefficient (Wildman–Crippen LogP) is 5.04. The molecule has 1 atom stereocenters. The SMILES string of the molecule is COc1ccc(CN2CCCC(COc3ccc(C)cc3)(OC)CC2)cc1OCCn1ccnc1C. The molecule has 194 valence electrons. The molecule has 0 saturated carbocycles. The summed E-state index contributed by atoms with van der Waals surface area (Å²) in [5.74, 6) is 3.41. The van der Waals surface area contributed by atoms with Gasteiger partial charge in [0.1, 0.15) is 30.4 Å². The zero-order chi connectivity index (χ0) is 25.4. The monoisotopic (exact) mass is 493 g/mol. The first-order valence-corrected chi connectivity index (χ1v) is 12.7. The molecule has 3 aromatic rings. The van der Waals surface area contributed by atoms with Crippen LogP contribution in [-0.2, 0) is 17.8 Å². The Morgan fingerprint density at radius 1 is 0.944 bits per heavy atom. The van der Waals surface area contributed by atoms with E-state index in [1.807, 2.05) is 44.6 Å². The molecule has 2 heterocycles. The molecular weight excluding hydrogens is 454 g/mol. The van der Waals surface area contributed by atoms with Crippen LogP contribution in [0.3, 0.4) is 0 Å². The van der Waals surface area contributed by atoms with Crippen LogP contribution in [0.2, 0.25) is 0 Å². The van der Waals surface area contributed by atoms with E-state index in [0.29, 0.717) is 13.2 Å². The lowest BCUT2D eigenvalue weighted by Gasteiger charge is -2.31. The fraction of sp³-hybridized carbons (Fsp3) is 0.483. The number of methoxy groups -OCH3 is 2. The Kier molecular flexibility index (Phi) is 8.88. The number of aryl methyl sites for hydroxylation is 2. The summed E-state index contributed by atoms with van der Waals surface area (Å²) >= 11 is 0. The topological polar surface area (TPSA) is 58.0 Å². The zero-order valence-electron chi connectivity index (χ0n) is 22.0. The van der Waals surface area contributed by atoms with Gasteiger partial charge in [0.05, 0.1) is 13.7 Å². The van der Waals surface area contributed by atoms with Crippen LogP contribution in [0.25, 0.3) is 0 Å². The molecule has 36 heavy (non-hydrogen) atoms. The lowest BCUT2D eigenvalue weighted by Crippen LogP contribution is -2.39. The Morgan fingerprint density at radius 3 is 2.50 bits per heavy atom. The second-order valence-electron chi connectivity index (χ2n) is 9.62. The number of aromatic nitrogens is 2. The summed E-state index contributed by atoms with van der Waals surface area (Å²) in [6.07, 6.45) is 6.76. The van der Waals surface area contributed by atoms with Crippen molar-refractivity contribution in [3.8, 4) is 17.2 Å². The van der Waals surface area contributed by atoms with Crippen LogP contribution >= 0.6 is 0 Å². The highest BCUT2D eigenvalue weighted by Crippen LogP contribution is 2.31. The quantitative estimate of drug-likeness (QED) is 0.373. The predicted molar refractivity (Wildman–Crippen MR) is 141 cm³/mol. The Bertz CT molecular complexity index is 1100. The first kappa shape index (κ1) is 26.0. The van der Waals surface area contributed by atoms with Gasteiger partial charge in [-0.25, -0.2) is 4.98 Å². The lowest BCUT2D eigenvalue weighted by atomic mass is 9.95. The van der Waals surface area contributed by atoms with Gasteiger partial charge in [-0.2, -0.15) is 0 Å². The maximum Gasteiger partial charge on any atom is 0.161 e. The molecular formula is C29H39N3O4. The van der Waals surface area contributed by atoms with Crippen molar-refractivity contribution in [1.82, 2.24) is 14.5 Å². The van der Waals surface area contributed by atoms with Gasteiger partial charge in [-0.05, 0) is 69.5 Å². The largest absolute Gasteiger partial charge is 0.493 e. The molecule has 1 aromatic heterocycles. The molecule has 1 fully saturated rings. The van der Waals surface area contributed by atoms with Gasteiger partial charge in [-0.3, -0.25) is 4.90 Å². The number of rotatable bonds is 11. The summed E-state index contributed by atoms with van der Waals surface area (Å²) < 4.78 is 25.9. The average molecular weight is 494 g/mol. The molecule has 0 aliphatic carbocycles. The van der Waals surface area contributed by atoms with Crippen molar-refractivity contribution in [2.45, 2.75) is 51.8 Å². The standard InChI is InChI=1S/C29H39N3O4/c1-23-6-9-26(10-7-23)36-22-29(34-4)12-5-15-31(16-13-29)21-25-8-11-27(33-3)28(20-25)35-19-18-32-17-14-30-24(32)2/h6-11,14,17,20H,5,12-13,15-16,18-19,21-22H2,1-4H3. The Hall–Kier alpha value is -3.03. The summed E-state index contributed by atoms with van der Waals surface area (Å²) in [7, 11) is 3.49. The molecule has 0 amide bonds. The fourth-order valence-electron chi connectivity index (χ4n) is 4.72. The van der Waals surface area contributed by atoms with Gasteiger partial charge in [-0.15, -0.1) is 0 Å². The number of likely N-dealkylation sites (tertiary alicyclic amines) is 1. The Morgan fingerprint density at radius 2 is 1.78 bits per heavy atom. The van der Waals surface area contributed by atoms with Crippen LogP contribution in [0.5, 0.6) is 17.2 Å². The van der Waals surface area contributed by atoms with E-state index in [0.717, 1.165) is 68.5 Å². The first-order chi connectivity index (χ1) is 17.5. The van der Waals surface area contributed by atoms with Gasteiger partial charge in [0.2, 0.25) is 0 Å². The molecule has 1 saturated heterocycles. The molecule has 0 spiro atoms. The van der Waals surface area contributed by atoms with Crippen molar-refractivity contribution in [2.75, 3.05) is 40.5 Å². The summed E-state index contributed by atoms with van der Waals surface area (Å²) in [5, 5.41) is 0. The number of imidazole rings is 1. The Balaban J connectivity index is 1.34. The number of nitrogens with zero attached hydrogens (tertiary/aromatic N) is 3. The van der Waals surface area contributed by atoms with Crippen LogP contribution in [0.4, 0.5) is 0 Å². The average Bonchev–Trinajstić information content (AvgIpc) is 3.19. The summed E-state index contributed by atoms with van der Waals surface area (Å²) in [4.78, 5) is 6.76. The van der Waals surface area contributed by atoms with Crippen molar-refractivity contribution in [3.63, 3.8) is 0 Å². The van der Waals surface area contributed by atoms with E-state index in [2.05, 4.69) is 45.6 Å². The minimum atomic E-state index is -0.265. The highest BCUT2D eigenvalue weighted by molar-refractivity contribution is 5.43. The van der Waals surface area contributed by atoms with Crippen molar-refractivity contribution in [1.29, 1.82) is 0 Å². The third-order valence-electron chi connectivity index (χ3n) is 7.09. The second kappa shape index (κ2) is 12.3. The normalized spacial score (nSPS) is 18.6. The Labute approximate surface area is 215 Å². The smallest absolute Gasteiger partial charge is 0.161 e. The third kappa shape index (κ3) is 6.80. The molecule has 4 rings (SSSR count). The van der Waals surface area contributed by atoms with E-state index in [9.17, 15) is 0 Å². The third-order valence-corrected chi connectivity index (χ3v) is 7.09. The zero-order valence-corrected chi connectivity index (χ0v) is 22.0. The number of hydrogen-bond acceptors (Lipinski definition) is 6.